The molecule has 2 aromatic rings. The first-order valence-electron chi connectivity index (χ1n) is 6.06. The lowest BCUT2D eigenvalue weighted by atomic mass is 10.1. The van der Waals surface area contributed by atoms with Gasteiger partial charge in [0.25, 0.3) is 5.91 Å². The van der Waals surface area contributed by atoms with Crippen molar-refractivity contribution in [3.63, 3.8) is 0 Å². The predicted molar refractivity (Wildman–Crippen MR) is 75.7 cm³/mol. The van der Waals surface area contributed by atoms with Crippen molar-refractivity contribution in [3.8, 4) is 0 Å². The summed E-state index contributed by atoms with van der Waals surface area (Å²) in [5, 5.41) is 2.37. The van der Waals surface area contributed by atoms with Gasteiger partial charge >= 0.3 is 0 Å². The second-order valence-electron chi connectivity index (χ2n) is 4.43. The van der Waals surface area contributed by atoms with Gasteiger partial charge in [-0.05, 0) is 37.3 Å². The number of benzene rings is 2. The van der Waals surface area contributed by atoms with Crippen molar-refractivity contribution in [1.82, 2.24) is 0 Å². The zero-order valence-corrected chi connectivity index (χ0v) is 12.0. The largest absolute Gasteiger partial charge is 0.321 e. The van der Waals surface area contributed by atoms with Crippen molar-refractivity contribution in [2.45, 2.75) is 6.92 Å². The molecule has 0 unspecified atom stereocenters. The molecule has 0 heterocycles. The summed E-state index contributed by atoms with van der Waals surface area (Å²) in [6.45, 7) is 1.32. The number of ketones is 1. The molecule has 1 amide bonds. The molecule has 0 saturated heterocycles. The van der Waals surface area contributed by atoms with E-state index in [4.69, 9.17) is 11.6 Å². The standard InChI is InChI=1S/C15H9ClF3NO2/c1-7(21)8-2-4-10(16)12(6-8)20-15(22)9-3-5-11(17)14(19)13(9)18/h2-6H,1H3,(H,20,22). The maximum Gasteiger partial charge on any atom is 0.258 e. The van der Waals surface area contributed by atoms with Crippen LogP contribution in [-0.2, 0) is 0 Å². The van der Waals surface area contributed by atoms with Crippen LogP contribution in [0, 0.1) is 17.5 Å². The fraction of sp³-hybridized carbons (Fsp3) is 0.0667. The lowest BCUT2D eigenvalue weighted by molar-refractivity contribution is 0.100. The van der Waals surface area contributed by atoms with Crippen molar-refractivity contribution in [2.24, 2.45) is 0 Å². The first kappa shape index (κ1) is 16.0. The smallest absolute Gasteiger partial charge is 0.258 e. The Morgan fingerprint density at radius 3 is 2.36 bits per heavy atom. The molecule has 2 rings (SSSR count). The summed E-state index contributed by atoms with van der Waals surface area (Å²) in [7, 11) is 0. The summed E-state index contributed by atoms with van der Waals surface area (Å²) in [6, 6.07) is 5.60. The quantitative estimate of drug-likeness (QED) is 0.678. The molecule has 0 radical (unpaired) electrons. The zero-order valence-electron chi connectivity index (χ0n) is 11.2. The monoisotopic (exact) mass is 327 g/mol. The van der Waals surface area contributed by atoms with Gasteiger partial charge in [0.1, 0.15) is 0 Å². The van der Waals surface area contributed by atoms with E-state index in [1.54, 1.807) is 0 Å². The number of rotatable bonds is 3. The molecule has 7 heteroatoms. The van der Waals surface area contributed by atoms with Crippen LogP contribution in [0.1, 0.15) is 27.6 Å². The van der Waals surface area contributed by atoms with Gasteiger partial charge in [-0.2, -0.15) is 0 Å². The van der Waals surface area contributed by atoms with Crippen molar-refractivity contribution >= 4 is 29.0 Å². The number of carbonyl (C=O) groups excluding carboxylic acids is 2. The van der Waals surface area contributed by atoms with Crippen LogP contribution in [-0.4, -0.2) is 11.7 Å². The maximum atomic E-state index is 13.6. The summed E-state index contributed by atoms with van der Waals surface area (Å²) in [5.74, 6) is -6.01. The third-order valence-electron chi connectivity index (χ3n) is 2.90. The molecule has 0 aliphatic carbocycles. The molecule has 0 aromatic heterocycles. The van der Waals surface area contributed by atoms with Gasteiger partial charge < -0.3 is 5.32 Å². The Morgan fingerprint density at radius 2 is 1.73 bits per heavy atom. The van der Waals surface area contributed by atoms with Gasteiger partial charge in [0.15, 0.2) is 23.2 Å². The minimum absolute atomic E-state index is 0.0588. The van der Waals surface area contributed by atoms with E-state index in [2.05, 4.69) is 5.32 Å². The molecular weight excluding hydrogens is 319 g/mol. The van der Waals surface area contributed by atoms with Crippen LogP contribution in [0.3, 0.4) is 0 Å². The fourth-order valence-electron chi connectivity index (χ4n) is 1.73. The molecule has 2 aromatic carbocycles. The SMILES string of the molecule is CC(=O)c1ccc(Cl)c(NC(=O)c2ccc(F)c(F)c2F)c1. The third-order valence-corrected chi connectivity index (χ3v) is 3.23. The Balaban J connectivity index is 2.35. The highest BCUT2D eigenvalue weighted by atomic mass is 35.5. The molecule has 0 bridgehead atoms. The number of anilines is 1. The highest BCUT2D eigenvalue weighted by Gasteiger charge is 2.19. The molecule has 0 fully saturated rings. The van der Waals surface area contributed by atoms with Crippen molar-refractivity contribution < 1.29 is 22.8 Å². The Morgan fingerprint density at radius 1 is 1.05 bits per heavy atom. The van der Waals surface area contributed by atoms with Crippen LogP contribution in [0.25, 0.3) is 0 Å². The summed E-state index contributed by atoms with van der Waals surface area (Å²) < 4.78 is 39.6. The number of amides is 1. The van der Waals surface area contributed by atoms with Gasteiger partial charge in [0.05, 0.1) is 16.3 Å². The Kier molecular flexibility index (Phi) is 4.51. The van der Waals surface area contributed by atoms with Gasteiger partial charge in [-0.15, -0.1) is 0 Å². The van der Waals surface area contributed by atoms with Gasteiger partial charge in [0.2, 0.25) is 0 Å². The second kappa shape index (κ2) is 6.19. The zero-order chi connectivity index (χ0) is 16.4. The van der Waals surface area contributed by atoms with Gasteiger partial charge in [-0.3, -0.25) is 9.59 Å². The number of nitrogens with one attached hydrogen (secondary N) is 1. The first-order chi connectivity index (χ1) is 10.3. The summed E-state index contributed by atoms with van der Waals surface area (Å²) in [4.78, 5) is 23.2. The number of carbonyl (C=O) groups is 2. The second-order valence-corrected chi connectivity index (χ2v) is 4.84. The molecular formula is C15H9ClF3NO2. The van der Waals surface area contributed by atoms with Crippen molar-refractivity contribution in [2.75, 3.05) is 5.32 Å². The predicted octanol–water partition coefficient (Wildman–Crippen LogP) is 4.21. The Labute approximate surface area is 128 Å². The van der Waals surface area contributed by atoms with Crippen LogP contribution >= 0.6 is 11.6 Å². The minimum Gasteiger partial charge on any atom is -0.321 e. The summed E-state index contributed by atoms with van der Waals surface area (Å²) in [5.41, 5.74) is -0.336. The third kappa shape index (κ3) is 3.12. The van der Waals surface area contributed by atoms with Crippen molar-refractivity contribution in [3.05, 3.63) is 63.9 Å². The van der Waals surface area contributed by atoms with Crippen LogP contribution in [0.15, 0.2) is 30.3 Å². The van der Waals surface area contributed by atoms with E-state index in [1.807, 2.05) is 0 Å². The average Bonchev–Trinajstić information content (AvgIpc) is 2.46. The van der Waals surface area contributed by atoms with E-state index < -0.39 is 28.9 Å². The van der Waals surface area contributed by atoms with Gasteiger partial charge in [0, 0.05) is 5.56 Å². The molecule has 114 valence electrons. The Hall–Kier alpha value is -2.34. The molecule has 0 atom stereocenters. The first-order valence-corrected chi connectivity index (χ1v) is 6.44. The average molecular weight is 328 g/mol. The minimum atomic E-state index is -1.74. The molecule has 22 heavy (non-hydrogen) atoms. The van der Waals surface area contributed by atoms with Crippen LogP contribution in [0.2, 0.25) is 5.02 Å². The van der Waals surface area contributed by atoms with Crippen molar-refractivity contribution in [1.29, 1.82) is 0 Å². The van der Waals surface area contributed by atoms with Gasteiger partial charge in [-0.1, -0.05) is 11.6 Å². The number of halogens is 4. The molecule has 0 aliphatic heterocycles. The van der Waals surface area contributed by atoms with Crippen LogP contribution in [0.5, 0.6) is 0 Å². The van der Waals surface area contributed by atoms with Crippen LogP contribution in [0.4, 0.5) is 18.9 Å². The lowest BCUT2D eigenvalue weighted by Gasteiger charge is -2.09. The van der Waals surface area contributed by atoms with E-state index >= 15 is 0 Å². The lowest BCUT2D eigenvalue weighted by Crippen LogP contribution is -2.15. The summed E-state index contributed by atoms with van der Waals surface area (Å²) in [6.07, 6.45) is 0. The number of Topliss-reactive ketones (excluding diaryl/α,β-unsaturated/α-hetero) is 1. The van der Waals surface area contributed by atoms with E-state index in [1.165, 1.54) is 25.1 Å². The molecule has 0 aliphatic rings. The molecule has 3 nitrogen and oxygen atoms in total. The molecule has 0 spiro atoms. The number of hydrogen-bond donors (Lipinski definition) is 1. The number of hydrogen-bond acceptors (Lipinski definition) is 2. The van der Waals surface area contributed by atoms with E-state index in [9.17, 15) is 22.8 Å². The van der Waals surface area contributed by atoms with E-state index in [0.29, 0.717) is 6.07 Å². The fourth-order valence-corrected chi connectivity index (χ4v) is 1.90. The highest BCUT2D eigenvalue weighted by molar-refractivity contribution is 6.34. The van der Waals surface area contributed by atoms with Gasteiger partial charge in [-0.25, -0.2) is 13.2 Å². The molecule has 0 saturated carbocycles. The van der Waals surface area contributed by atoms with Crippen LogP contribution < -0.4 is 5.32 Å². The summed E-state index contributed by atoms with van der Waals surface area (Å²) >= 11 is 5.87. The van der Waals surface area contributed by atoms with E-state index in [-0.39, 0.29) is 22.1 Å². The Bertz CT molecular complexity index is 778. The topological polar surface area (TPSA) is 46.2 Å². The van der Waals surface area contributed by atoms with E-state index in [0.717, 1.165) is 6.07 Å². The highest BCUT2D eigenvalue weighted by Crippen LogP contribution is 2.25. The molecule has 1 N–H and O–H groups in total. The normalized spacial score (nSPS) is 10.4. The maximum absolute atomic E-state index is 13.6.